The highest BCUT2D eigenvalue weighted by molar-refractivity contribution is 6.30. The maximum absolute atomic E-state index is 13.2. The van der Waals surface area contributed by atoms with Crippen molar-refractivity contribution in [3.63, 3.8) is 0 Å². The van der Waals surface area contributed by atoms with Crippen LogP contribution in [0.25, 0.3) is 11.3 Å². The van der Waals surface area contributed by atoms with Crippen LogP contribution in [-0.4, -0.2) is 21.6 Å². The van der Waals surface area contributed by atoms with Gasteiger partial charge >= 0.3 is 0 Å². The highest BCUT2D eigenvalue weighted by Gasteiger charge is 2.24. The maximum Gasteiger partial charge on any atom is 0.291 e. The van der Waals surface area contributed by atoms with E-state index in [1.54, 1.807) is 45.0 Å². The number of benzene rings is 2. The van der Waals surface area contributed by atoms with Crippen LogP contribution in [0.3, 0.4) is 0 Å². The molecule has 3 aromatic rings. The van der Waals surface area contributed by atoms with Gasteiger partial charge in [-0.05, 0) is 36.8 Å². The third-order valence-corrected chi connectivity index (χ3v) is 5.14. The van der Waals surface area contributed by atoms with Gasteiger partial charge in [-0.15, -0.1) is 0 Å². The second kappa shape index (κ2) is 10.2. The van der Waals surface area contributed by atoms with E-state index in [0.29, 0.717) is 22.8 Å². The molecule has 0 saturated carbocycles. The SMILES string of the molecule is CC[C@H](C(=O)Nc1ccc(Cl)cc1)n1nc(-c2ccccc2)cc(NC(=O)C(C)C)c1=O. The second-order valence-corrected chi connectivity index (χ2v) is 8.06. The van der Waals surface area contributed by atoms with E-state index in [2.05, 4.69) is 15.7 Å². The number of carbonyl (C=O) groups is 2. The van der Waals surface area contributed by atoms with Crippen LogP contribution in [-0.2, 0) is 9.59 Å². The molecule has 0 aliphatic rings. The van der Waals surface area contributed by atoms with Crippen LogP contribution >= 0.6 is 11.6 Å². The number of aromatic nitrogens is 2. The van der Waals surface area contributed by atoms with Crippen LogP contribution in [0.1, 0.15) is 33.2 Å². The number of amides is 2. The molecule has 3 rings (SSSR count). The van der Waals surface area contributed by atoms with Crippen LogP contribution in [0.4, 0.5) is 11.4 Å². The minimum atomic E-state index is -0.878. The zero-order chi connectivity index (χ0) is 23.3. The van der Waals surface area contributed by atoms with Gasteiger partial charge in [0.15, 0.2) is 0 Å². The van der Waals surface area contributed by atoms with Crippen LogP contribution in [0, 0.1) is 5.92 Å². The maximum atomic E-state index is 13.2. The quantitative estimate of drug-likeness (QED) is 0.541. The standard InChI is InChI=1S/C24H25ClN4O3/c1-4-21(23(31)26-18-12-10-17(25)11-13-18)29-24(32)20(27-22(30)15(2)3)14-19(28-29)16-8-6-5-7-9-16/h5-15,21H,4H2,1-3H3,(H,26,31)(H,27,30)/t21-/m1/s1. The molecule has 1 aromatic heterocycles. The number of hydrogen-bond acceptors (Lipinski definition) is 4. The summed E-state index contributed by atoms with van der Waals surface area (Å²) in [6, 6.07) is 16.6. The molecule has 166 valence electrons. The fourth-order valence-electron chi connectivity index (χ4n) is 3.07. The number of nitrogens with one attached hydrogen (secondary N) is 2. The Bertz CT molecular complexity index is 1160. The highest BCUT2D eigenvalue weighted by Crippen LogP contribution is 2.21. The summed E-state index contributed by atoms with van der Waals surface area (Å²) in [5.41, 5.74) is 1.32. The molecule has 1 atom stereocenters. The van der Waals surface area contributed by atoms with Gasteiger partial charge in [0, 0.05) is 22.2 Å². The zero-order valence-electron chi connectivity index (χ0n) is 18.1. The molecule has 8 heteroatoms. The van der Waals surface area contributed by atoms with E-state index in [0.717, 1.165) is 10.2 Å². The number of rotatable bonds is 7. The summed E-state index contributed by atoms with van der Waals surface area (Å²) < 4.78 is 1.14. The van der Waals surface area contributed by atoms with Gasteiger partial charge in [-0.25, -0.2) is 4.68 Å². The molecule has 7 nitrogen and oxygen atoms in total. The summed E-state index contributed by atoms with van der Waals surface area (Å²) in [4.78, 5) is 38.5. The lowest BCUT2D eigenvalue weighted by Crippen LogP contribution is -2.37. The van der Waals surface area contributed by atoms with E-state index in [1.165, 1.54) is 6.07 Å². The summed E-state index contributed by atoms with van der Waals surface area (Å²) in [6.45, 7) is 5.27. The molecule has 2 amide bonds. The third-order valence-electron chi connectivity index (χ3n) is 4.88. The van der Waals surface area contributed by atoms with Gasteiger partial charge in [0.2, 0.25) is 11.8 Å². The molecule has 0 unspecified atom stereocenters. The van der Waals surface area contributed by atoms with Crippen molar-refractivity contribution in [3.8, 4) is 11.3 Å². The van der Waals surface area contributed by atoms with Crippen molar-refractivity contribution >= 4 is 34.8 Å². The monoisotopic (exact) mass is 452 g/mol. The van der Waals surface area contributed by atoms with Crippen molar-refractivity contribution in [1.82, 2.24) is 9.78 Å². The Kier molecular flexibility index (Phi) is 7.43. The Labute approximate surface area is 191 Å². The summed E-state index contributed by atoms with van der Waals surface area (Å²) in [5.74, 6) is -1.00. The smallest absolute Gasteiger partial charge is 0.291 e. The Balaban J connectivity index is 2.05. The van der Waals surface area contributed by atoms with Crippen molar-refractivity contribution in [2.75, 3.05) is 10.6 Å². The van der Waals surface area contributed by atoms with Crippen LogP contribution in [0.15, 0.2) is 65.5 Å². The van der Waals surface area contributed by atoms with Gasteiger partial charge in [-0.3, -0.25) is 14.4 Å². The van der Waals surface area contributed by atoms with Crippen molar-refractivity contribution in [3.05, 3.63) is 76.0 Å². The average Bonchev–Trinajstić information content (AvgIpc) is 2.78. The first kappa shape index (κ1) is 23.2. The first-order valence-electron chi connectivity index (χ1n) is 10.4. The normalized spacial score (nSPS) is 11.8. The fourth-order valence-corrected chi connectivity index (χ4v) is 3.19. The zero-order valence-corrected chi connectivity index (χ0v) is 18.9. The Morgan fingerprint density at radius 3 is 2.25 bits per heavy atom. The summed E-state index contributed by atoms with van der Waals surface area (Å²) in [5, 5.41) is 10.5. The molecule has 0 radical (unpaired) electrons. The lowest BCUT2D eigenvalue weighted by molar-refractivity contribution is -0.120. The number of carbonyl (C=O) groups excluding carboxylic acids is 2. The number of halogens is 1. The molecular weight excluding hydrogens is 428 g/mol. The van der Waals surface area contributed by atoms with Crippen molar-refractivity contribution < 1.29 is 9.59 Å². The van der Waals surface area contributed by atoms with Gasteiger partial charge in [0.25, 0.3) is 5.56 Å². The molecule has 0 aliphatic carbocycles. The topological polar surface area (TPSA) is 93.1 Å². The largest absolute Gasteiger partial charge is 0.324 e. The Hall–Kier alpha value is -3.45. The van der Waals surface area contributed by atoms with Crippen molar-refractivity contribution in [2.45, 2.75) is 33.2 Å². The molecule has 32 heavy (non-hydrogen) atoms. The lowest BCUT2D eigenvalue weighted by atomic mass is 10.1. The molecule has 0 spiro atoms. The number of nitrogens with zero attached hydrogens (tertiary/aromatic N) is 2. The predicted molar refractivity (Wildman–Crippen MR) is 127 cm³/mol. The van der Waals surface area contributed by atoms with E-state index >= 15 is 0 Å². The first-order valence-corrected chi connectivity index (χ1v) is 10.7. The lowest BCUT2D eigenvalue weighted by Gasteiger charge is -2.19. The molecule has 0 aliphatic heterocycles. The van der Waals surface area contributed by atoms with Gasteiger partial charge < -0.3 is 10.6 Å². The minimum Gasteiger partial charge on any atom is -0.324 e. The molecule has 0 fully saturated rings. The molecule has 0 saturated heterocycles. The highest BCUT2D eigenvalue weighted by atomic mass is 35.5. The van der Waals surface area contributed by atoms with Gasteiger partial charge in [0.05, 0.1) is 5.69 Å². The predicted octanol–water partition coefficient (Wildman–Crippen LogP) is 4.75. The number of anilines is 2. The van der Waals surface area contributed by atoms with E-state index in [1.807, 2.05) is 30.3 Å². The molecular formula is C24H25ClN4O3. The summed E-state index contributed by atoms with van der Waals surface area (Å²) in [6.07, 6.45) is 0.322. The average molecular weight is 453 g/mol. The summed E-state index contributed by atoms with van der Waals surface area (Å²) in [7, 11) is 0. The number of hydrogen-bond donors (Lipinski definition) is 2. The fraction of sp³-hybridized carbons (Fsp3) is 0.250. The van der Waals surface area contributed by atoms with Gasteiger partial charge in [-0.1, -0.05) is 62.7 Å². The minimum absolute atomic E-state index is 0.0790. The van der Waals surface area contributed by atoms with Gasteiger partial charge in [-0.2, -0.15) is 5.10 Å². The van der Waals surface area contributed by atoms with Crippen LogP contribution in [0.5, 0.6) is 0 Å². The van der Waals surface area contributed by atoms with E-state index in [9.17, 15) is 14.4 Å². The van der Waals surface area contributed by atoms with Crippen molar-refractivity contribution in [2.24, 2.45) is 5.92 Å². The van der Waals surface area contributed by atoms with Gasteiger partial charge in [0.1, 0.15) is 11.7 Å². The molecule has 2 aromatic carbocycles. The van der Waals surface area contributed by atoms with Crippen LogP contribution < -0.4 is 16.2 Å². The third kappa shape index (κ3) is 5.42. The summed E-state index contributed by atoms with van der Waals surface area (Å²) >= 11 is 5.91. The van der Waals surface area contributed by atoms with Crippen LogP contribution in [0.2, 0.25) is 5.02 Å². The van der Waals surface area contributed by atoms with E-state index < -0.39 is 17.5 Å². The van der Waals surface area contributed by atoms with Crippen molar-refractivity contribution in [1.29, 1.82) is 0 Å². The Morgan fingerprint density at radius 1 is 1.00 bits per heavy atom. The molecule has 1 heterocycles. The second-order valence-electron chi connectivity index (χ2n) is 7.62. The van der Waals surface area contributed by atoms with E-state index in [4.69, 9.17) is 11.6 Å². The molecule has 2 N–H and O–H groups in total. The Morgan fingerprint density at radius 2 is 1.66 bits per heavy atom. The first-order chi connectivity index (χ1) is 15.3. The molecule has 0 bridgehead atoms. The van der Waals surface area contributed by atoms with E-state index in [-0.39, 0.29) is 17.5 Å².